The third-order valence-corrected chi connectivity index (χ3v) is 4.16. The molecule has 0 bridgehead atoms. The highest BCUT2D eigenvalue weighted by Crippen LogP contribution is 2.22. The molecule has 1 aliphatic rings. The second-order valence-corrected chi connectivity index (χ2v) is 5.82. The van der Waals surface area contributed by atoms with Crippen LogP contribution in [0.15, 0.2) is 36.4 Å². The van der Waals surface area contributed by atoms with Crippen LogP contribution in [-0.4, -0.2) is 18.4 Å². The van der Waals surface area contributed by atoms with E-state index in [0.717, 1.165) is 49.4 Å². The quantitative estimate of drug-likeness (QED) is 0.631. The van der Waals surface area contributed by atoms with Gasteiger partial charge in [-0.15, -0.1) is 0 Å². The molecule has 0 heterocycles. The van der Waals surface area contributed by atoms with Gasteiger partial charge in [0.2, 0.25) is 0 Å². The van der Waals surface area contributed by atoms with Gasteiger partial charge in [-0.3, -0.25) is 4.79 Å². The average molecular weight is 330 g/mol. The standard InChI is InChI=1S/C19H16F2O3/c20-16-8-7-14(10-17(16)21)18(22)11-24-19(23)15-6-5-12-3-1-2-4-13(12)9-15/h5-10H,1-4,11H2. The van der Waals surface area contributed by atoms with Crippen molar-refractivity contribution in [1.29, 1.82) is 0 Å². The van der Waals surface area contributed by atoms with E-state index in [1.54, 1.807) is 12.1 Å². The first-order valence-corrected chi connectivity index (χ1v) is 7.82. The van der Waals surface area contributed by atoms with E-state index < -0.39 is 30.0 Å². The van der Waals surface area contributed by atoms with Crippen LogP contribution in [-0.2, 0) is 17.6 Å². The third-order valence-electron chi connectivity index (χ3n) is 4.16. The summed E-state index contributed by atoms with van der Waals surface area (Å²) >= 11 is 0. The summed E-state index contributed by atoms with van der Waals surface area (Å²) < 4.78 is 31.0. The fraction of sp³-hybridized carbons (Fsp3) is 0.263. The van der Waals surface area contributed by atoms with E-state index in [1.807, 2.05) is 6.07 Å². The average Bonchev–Trinajstić information content (AvgIpc) is 2.61. The SMILES string of the molecule is O=C(COC(=O)c1ccc2c(c1)CCCC2)c1ccc(F)c(F)c1. The maximum absolute atomic E-state index is 13.1. The van der Waals surface area contributed by atoms with Crippen molar-refractivity contribution < 1.29 is 23.1 Å². The van der Waals surface area contributed by atoms with E-state index in [9.17, 15) is 18.4 Å². The number of rotatable bonds is 4. The molecule has 0 amide bonds. The van der Waals surface area contributed by atoms with Crippen LogP contribution in [0.25, 0.3) is 0 Å². The fourth-order valence-electron chi connectivity index (χ4n) is 2.83. The van der Waals surface area contributed by atoms with Crippen molar-refractivity contribution in [2.24, 2.45) is 0 Å². The van der Waals surface area contributed by atoms with Crippen LogP contribution in [0.4, 0.5) is 8.78 Å². The zero-order chi connectivity index (χ0) is 17.1. The molecule has 0 atom stereocenters. The van der Waals surface area contributed by atoms with Gasteiger partial charge in [-0.1, -0.05) is 6.07 Å². The van der Waals surface area contributed by atoms with Gasteiger partial charge in [-0.25, -0.2) is 13.6 Å². The molecule has 0 radical (unpaired) electrons. The molecule has 124 valence electrons. The van der Waals surface area contributed by atoms with Crippen LogP contribution in [0.2, 0.25) is 0 Å². The number of benzene rings is 2. The first-order chi connectivity index (χ1) is 11.5. The lowest BCUT2D eigenvalue weighted by molar-refractivity contribution is 0.0474. The van der Waals surface area contributed by atoms with E-state index in [2.05, 4.69) is 0 Å². The van der Waals surface area contributed by atoms with E-state index in [1.165, 1.54) is 5.56 Å². The molecule has 0 unspecified atom stereocenters. The Labute approximate surface area is 138 Å². The second-order valence-electron chi connectivity index (χ2n) is 5.82. The van der Waals surface area contributed by atoms with Crippen molar-refractivity contribution >= 4 is 11.8 Å². The van der Waals surface area contributed by atoms with Crippen molar-refractivity contribution in [1.82, 2.24) is 0 Å². The van der Waals surface area contributed by atoms with Crippen molar-refractivity contribution in [2.45, 2.75) is 25.7 Å². The Balaban J connectivity index is 1.64. The number of fused-ring (bicyclic) bond motifs is 1. The Morgan fingerprint density at radius 2 is 1.58 bits per heavy atom. The molecule has 2 aromatic carbocycles. The molecule has 1 aliphatic carbocycles. The summed E-state index contributed by atoms with van der Waals surface area (Å²) in [7, 11) is 0. The molecule has 0 spiro atoms. The molecular weight excluding hydrogens is 314 g/mol. The van der Waals surface area contributed by atoms with Crippen molar-refractivity contribution in [2.75, 3.05) is 6.61 Å². The van der Waals surface area contributed by atoms with Gasteiger partial charge in [-0.2, -0.15) is 0 Å². The van der Waals surface area contributed by atoms with Crippen molar-refractivity contribution in [3.63, 3.8) is 0 Å². The molecule has 5 heteroatoms. The predicted molar refractivity (Wildman–Crippen MR) is 84.1 cm³/mol. The normalized spacial score (nSPS) is 13.2. The first kappa shape index (κ1) is 16.3. The summed E-state index contributed by atoms with van der Waals surface area (Å²) in [5, 5.41) is 0. The lowest BCUT2D eigenvalue weighted by Crippen LogP contribution is -2.15. The van der Waals surface area contributed by atoms with Gasteiger partial charge in [-0.05, 0) is 67.1 Å². The van der Waals surface area contributed by atoms with Crippen LogP contribution < -0.4 is 0 Å². The van der Waals surface area contributed by atoms with Crippen molar-refractivity contribution in [3.8, 4) is 0 Å². The number of ketones is 1. The monoisotopic (exact) mass is 330 g/mol. The number of esters is 1. The summed E-state index contributed by atoms with van der Waals surface area (Å²) in [4.78, 5) is 24.0. The minimum absolute atomic E-state index is 0.0351. The molecule has 0 N–H and O–H groups in total. The summed E-state index contributed by atoms with van der Waals surface area (Å²) in [6.07, 6.45) is 4.20. The van der Waals surface area contributed by atoms with Gasteiger partial charge in [0.05, 0.1) is 5.56 Å². The number of halogens is 2. The number of carbonyl (C=O) groups is 2. The summed E-state index contributed by atoms with van der Waals surface area (Å²) in [6, 6.07) is 8.24. The highest BCUT2D eigenvalue weighted by atomic mass is 19.2. The highest BCUT2D eigenvalue weighted by Gasteiger charge is 2.16. The molecule has 2 aromatic rings. The van der Waals surface area contributed by atoms with Crippen LogP contribution >= 0.6 is 0 Å². The molecule has 0 aliphatic heterocycles. The Morgan fingerprint density at radius 3 is 2.33 bits per heavy atom. The smallest absolute Gasteiger partial charge is 0.338 e. The Bertz CT molecular complexity index is 799. The van der Waals surface area contributed by atoms with E-state index in [-0.39, 0.29) is 5.56 Å². The third kappa shape index (κ3) is 3.50. The van der Waals surface area contributed by atoms with Gasteiger partial charge in [0.25, 0.3) is 0 Å². The molecule has 0 aromatic heterocycles. The van der Waals surface area contributed by atoms with Gasteiger partial charge in [0, 0.05) is 5.56 Å². The lowest BCUT2D eigenvalue weighted by Gasteiger charge is -2.16. The number of aryl methyl sites for hydroxylation is 2. The zero-order valence-electron chi connectivity index (χ0n) is 13.0. The predicted octanol–water partition coefficient (Wildman–Crippen LogP) is 3.88. The van der Waals surface area contributed by atoms with Crippen LogP contribution in [0.5, 0.6) is 0 Å². The number of ether oxygens (including phenoxy) is 1. The maximum Gasteiger partial charge on any atom is 0.338 e. The van der Waals surface area contributed by atoms with Crippen LogP contribution in [0.3, 0.4) is 0 Å². The lowest BCUT2D eigenvalue weighted by atomic mass is 9.90. The van der Waals surface area contributed by atoms with Gasteiger partial charge in [0.15, 0.2) is 24.0 Å². The molecular formula is C19H16F2O3. The first-order valence-electron chi connectivity index (χ1n) is 7.82. The molecule has 0 saturated carbocycles. The largest absolute Gasteiger partial charge is 0.454 e. The Morgan fingerprint density at radius 1 is 0.875 bits per heavy atom. The number of carbonyl (C=O) groups excluding carboxylic acids is 2. The van der Waals surface area contributed by atoms with Gasteiger partial charge in [0.1, 0.15) is 0 Å². The molecule has 3 nitrogen and oxygen atoms in total. The van der Waals surface area contributed by atoms with Gasteiger partial charge < -0.3 is 4.74 Å². The Kier molecular flexibility index (Phi) is 4.69. The molecule has 3 rings (SSSR count). The number of hydrogen-bond acceptors (Lipinski definition) is 3. The second kappa shape index (κ2) is 6.91. The van der Waals surface area contributed by atoms with Gasteiger partial charge >= 0.3 is 5.97 Å². The van der Waals surface area contributed by atoms with E-state index in [0.29, 0.717) is 5.56 Å². The minimum Gasteiger partial charge on any atom is -0.454 e. The minimum atomic E-state index is -1.11. The summed E-state index contributed by atoms with van der Waals surface area (Å²) in [5.41, 5.74) is 2.75. The highest BCUT2D eigenvalue weighted by molar-refractivity contribution is 5.99. The number of hydrogen-bond donors (Lipinski definition) is 0. The molecule has 0 saturated heterocycles. The van der Waals surface area contributed by atoms with E-state index >= 15 is 0 Å². The fourth-order valence-corrected chi connectivity index (χ4v) is 2.83. The molecule has 24 heavy (non-hydrogen) atoms. The Hall–Kier alpha value is -2.56. The summed E-state index contributed by atoms with van der Waals surface area (Å²) in [6.45, 7) is -0.513. The van der Waals surface area contributed by atoms with Crippen molar-refractivity contribution in [3.05, 3.63) is 70.3 Å². The zero-order valence-corrected chi connectivity index (χ0v) is 13.0. The van der Waals surface area contributed by atoms with Crippen LogP contribution in [0, 0.1) is 11.6 Å². The topological polar surface area (TPSA) is 43.4 Å². The number of Topliss-reactive ketones (excluding diaryl/α,β-unsaturated/α-hetero) is 1. The summed E-state index contributed by atoms with van der Waals surface area (Å²) in [5.74, 6) is -3.32. The van der Waals surface area contributed by atoms with E-state index in [4.69, 9.17) is 4.74 Å². The molecule has 0 fully saturated rings. The maximum atomic E-state index is 13.1. The van der Waals surface area contributed by atoms with Crippen LogP contribution in [0.1, 0.15) is 44.7 Å².